The van der Waals surface area contributed by atoms with Crippen molar-refractivity contribution in [1.82, 2.24) is 15.0 Å². The maximum Gasteiger partial charge on any atom is 0.416 e. The molecule has 1 fully saturated rings. The number of aryl methyl sites for hydroxylation is 1. The highest BCUT2D eigenvalue weighted by Gasteiger charge is 2.33. The first kappa shape index (κ1) is 18.8. The number of alkyl halides is 3. The summed E-state index contributed by atoms with van der Waals surface area (Å²) in [6, 6.07) is 4.55. The molecule has 26 heavy (non-hydrogen) atoms. The van der Waals surface area contributed by atoms with Crippen molar-refractivity contribution in [2.45, 2.75) is 32.6 Å². The van der Waals surface area contributed by atoms with Gasteiger partial charge in [-0.25, -0.2) is 4.39 Å². The Hall–Kier alpha value is -1.93. The second kappa shape index (κ2) is 7.75. The maximum atomic E-state index is 13.5. The van der Waals surface area contributed by atoms with Gasteiger partial charge in [-0.3, -0.25) is 9.80 Å². The number of rotatable bonds is 4. The minimum Gasteiger partial charge on any atom is -0.361 e. The van der Waals surface area contributed by atoms with Gasteiger partial charge in [-0.1, -0.05) is 5.16 Å². The van der Waals surface area contributed by atoms with Crippen LogP contribution < -0.4 is 0 Å². The Balaban J connectivity index is 1.64. The molecule has 1 aromatic heterocycles. The summed E-state index contributed by atoms with van der Waals surface area (Å²) in [6.07, 6.45) is -3.65. The predicted molar refractivity (Wildman–Crippen MR) is 87.8 cm³/mol. The molecule has 0 saturated carbocycles. The van der Waals surface area contributed by atoms with E-state index in [1.807, 2.05) is 17.9 Å². The third-order valence-electron chi connectivity index (χ3n) is 4.51. The monoisotopic (exact) mass is 371 g/mol. The van der Waals surface area contributed by atoms with Gasteiger partial charge in [0.15, 0.2) is 0 Å². The van der Waals surface area contributed by atoms with Crippen LogP contribution in [0.5, 0.6) is 0 Å². The molecule has 4 nitrogen and oxygen atoms in total. The van der Waals surface area contributed by atoms with Crippen molar-refractivity contribution in [1.29, 1.82) is 0 Å². The van der Waals surface area contributed by atoms with Gasteiger partial charge in [0.2, 0.25) is 0 Å². The normalized spacial score (nSPS) is 17.4. The molecule has 0 N–H and O–H groups in total. The second-order valence-electron chi connectivity index (χ2n) is 6.63. The molecule has 3 rings (SSSR count). The van der Waals surface area contributed by atoms with Gasteiger partial charge < -0.3 is 4.52 Å². The van der Waals surface area contributed by atoms with E-state index in [0.29, 0.717) is 26.2 Å². The van der Waals surface area contributed by atoms with Gasteiger partial charge in [0.25, 0.3) is 0 Å². The first-order valence-electron chi connectivity index (χ1n) is 8.54. The molecule has 1 aromatic carbocycles. The lowest BCUT2D eigenvalue weighted by molar-refractivity contribution is -0.138. The zero-order valence-electron chi connectivity index (χ0n) is 14.5. The van der Waals surface area contributed by atoms with Crippen LogP contribution in [0, 0.1) is 12.7 Å². The summed E-state index contributed by atoms with van der Waals surface area (Å²) in [6.45, 7) is 5.40. The van der Waals surface area contributed by atoms with Crippen molar-refractivity contribution < 1.29 is 22.1 Å². The van der Waals surface area contributed by atoms with Crippen molar-refractivity contribution >= 4 is 0 Å². The average Bonchev–Trinajstić information content (AvgIpc) is 2.82. The molecule has 1 aliphatic heterocycles. The van der Waals surface area contributed by atoms with Gasteiger partial charge in [-0.2, -0.15) is 13.2 Å². The van der Waals surface area contributed by atoms with Crippen LogP contribution in [0.1, 0.15) is 29.0 Å². The highest BCUT2D eigenvalue weighted by molar-refractivity contribution is 5.30. The highest BCUT2D eigenvalue weighted by Crippen LogP contribution is 2.33. The molecule has 2 heterocycles. The topological polar surface area (TPSA) is 32.5 Å². The molecular formula is C18H21F4N3O. The van der Waals surface area contributed by atoms with Crippen LogP contribution in [0.4, 0.5) is 17.6 Å². The van der Waals surface area contributed by atoms with Crippen LogP contribution in [0.15, 0.2) is 28.8 Å². The Morgan fingerprint density at radius 3 is 2.35 bits per heavy atom. The van der Waals surface area contributed by atoms with Crippen LogP contribution in [0.2, 0.25) is 0 Å². The lowest BCUT2D eigenvalue weighted by Crippen LogP contribution is -2.31. The molecule has 0 amide bonds. The fraction of sp³-hybridized carbons (Fsp3) is 0.500. The summed E-state index contributed by atoms with van der Waals surface area (Å²) in [7, 11) is 0. The Morgan fingerprint density at radius 2 is 1.73 bits per heavy atom. The van der Waals surface area contributed by atoms with Crippen molar-refractivity contribution in [2.75, 3.05) is 26.2 Å². The molecule has 0 unspecified atom stereocenters. The van der Waals surface area contributed by atoms with E-state index < -0.39 is 17.6 Å². The van der Waals surface area contributed by atoms with E-state index in [0.717, 1.165) is 42.6 Å². The quantitative estimate of drug-likeness (QED) is 0.765. The molecule has 0 radical (unpaired) electrons. The van der Waals surface area contributed by atoms with Gasteiger partial charge in [-0.05, 0) is 50.2 Å². The van der Waals surface area contributed by atoms with E-state index in [1.54, 1.807) is 0 Å². The fourth-order valence-electron chi connectivity index (χ4n) is 3.27. The Labute approximate surface area is 149 Å². The Kier molecular flexibility index (Phi) is 5.62. The first-order chi connectivity index (χ1) is 12.3. The predicted octanol–water partition coefficient (Wildman–Crippen LogP) is 3.85. The zero-order chi connectivity index (χ0) is 18.7. The van der Waals surface area contributed by atoms with Crippen LogP contribution in [0.3, 0.4) is 0 Å². The standard InChI is InChI=1S/C18H21F4N3O/c1-13-9-16(23-26-13)12-25-6-2-5-24(7-8-25)11-14-10-15(19)3-4-17(14)18(20,21)22/h3-4,9-10H,2,5-8,11-12H2,1H3. The lowest BCUT2D eigenvalue weighted by Gasteiger charge is -2.23. The summed E-state index contributed by atoms with van der Waals surface area (Å²) in [5, 5.41) is 3.98. The minimum atomic E-state index is -4.48. The summed E-state index contributed by atoms with van der Waals surface area (Å²) < 4.78 is 58.0. The number of hydrogen-bond acceptors (Lipinski definition) is 4. The molecule has 1 saturated heterocycles. The first-order valence-corrected chi connectivity index (χ1v) is 8.54. The SMILES string of the molecule is Cc1cc(CN2CCCN(Cc3cc(F)ccc3C(F)(F)F)CC2)no1. The number of aromatic nitrogens is 1. The molecule has 0 bridgehead atoms. The van der Waals surface area contributed by atoms with Crippen molar-refractivity contribution in [3.05, 3.63) is 52.7 Å². The fourth-order valence-corrected chi connectivity index (χ4v) is 3.27. The van der Waals surface area contributed by atoms with Gasteiger partial charge in [0.1, 0.15) is 11.6 Å². The number of hydrogen-bond donors (Lipinski definition) is 0. The third kappa shape index (κ3) is 4.82. The van der Waals surface area contributed by atoms with Crippen LogP contribution >= 0.6 is 0 Å². The van der Waals surface area contributed by atoms with Gasteiger partial charge >= 0.3 is 6.18 Å². The Morgan fingerprint density at radius 1 is 1.04 bits per heavy atom. The minimum absolute atomic E-state index is 0.0157. The average molecular weight is 371 g/mol. The molecule has 142 valence electrons. The van der Waals surface area contributed by atoms with Crippen molar-refractivity contribution in [3.63, 3.8) is 0 Å². The summed E-state index contributed by atoms with van der Waals surface area (Å²) in [5.74, 6) is 0.105. The van der Waals surface area contributed by atoms with Crippen molar-refractivity contribution in [2.24, 2.45) is 0 Å². The van der Waals surface area contributed by atoms with E-state index in [4.69, 9.17) is 4.52 Å². The second-order valence-corrected chi connectivity index (χ2v) is 6.63. The van der Waals surface area contributed by atoms with Crippen LogP contribution in [-0.2, 0) is 19.3 Å². The number of benzene rings is 1. The van der Waals surface area contributed by atoms with E-state index in [2.05, 4.69) is 10.1 Å². The molecule has 0 aliphatic carbocycles. The summed E-state index contributed by atoms with van der Waals surface area (Å²) in [5.41, 5.74) is 0.0663. The summed E-state index contributed by atoms with van der Waals surface area (Å²) >= 11 is 0. The number of nitrogens with zero attached hydrogens (tertiary/aromatic N) is 3. The smallest absolute Gasteiger partial charge is 0.361 e. The van der Waals surface area contributed by atoms with Gasteiger partial charge in [0, 0.05) is 32.2 Å². The maximum absolute atomic E-state index is 13.5. The lowest BCUT2D eigenvalue weighted by atomic mass is 10.1. The summed E-state index contributed by atoms with van der Waals surface area (Å²) in [4.78, 5) is 4.14. The van der Waals surface area contributed by atoms with E-state index >= 15 is 0 Å². The Bertz CT molecular complexity index is 744. The molecule has 8 heteroatoms. The van der Waals surface area contributed by atoms with Crippen molar-refractivity contribution in [3.8, 4) is 0 Å². The van der Waals surface area contributed by atoms with E-state index in [-0.39, 0.29) is 12.1 Å². The van der Waals surface area contributed by atoms with Gasteiger partial charge in [0.05, 0.1) is 11.3 Å². The van der Waals surface area contributed by atoms with Crippen LogP contribution in [0.25, 0.3) is 0 Å². The van der Waals surface area contributed by atoms with E-state index in [9.17, 15) is 17.6 Å². The molecule has 2 aromatic rings. The molecule has 1 aliphatic rings. The molecular weight excluding hydrogens is 350 g/mol. The number of halogens is 4. The zero-order valence-corrected chi connectivity index (χ0v) is 14.5. The van der Waals surface area contributed by atoms with E-state index in [1.165, 1.54) is 0 Å². The largest absolute Gasteiger partial charge is 0.416 e. The van der Waals surface area contributed by atoms with Crippen LogP contribution in [-0.4, -0.2) is 41.1 Å². The van der Waals surface area contributed by atoms with Gasteiger partial charge in [-0.15, -0.1) is 0 Å². The highest BCUT2D eigenvalue weighted by atomic mass is 19.4. The molecule has 0 atom stereocenters. The third-order valence-corrected chi connectivity index (χ3v) is 4.51. The molecule has 0 spiro atoms.